The van der Waals surface area contributed by atoms with Crippen LogP contribution in [0.15, 0.2) is 22.9 Å². The van der Waals surface area contributed by atoms with Crippen LogP contribution in [0.1, 0.15) is 44.9 Å². The number of carbonyl (C=O) groups is 1. The number of carbonyl (C=O) groups excluding carboxylic acids is 1. The van der Waals surface area contributed by atoms with E-state index in [4.69, 9.17) is 4.52 Å². The molecule has 1 aliphatic heterocycles. The van der Waals surface area contributed by atoms with E-state index in [1.165, 1.54) is 0 Å². The average Bonchev–Trinajstić information content (AvgIpc) is 3.42. The van der Waals surface area contributed by atoms with Gasteiger partial charge < -0.3 is 14.3 Å². The van der Waals surface area contributed by atoms with Crippen molar-refractivity contribution in [2.75, 3.05) is 31.1 Å². The first-order chi connectivity index (χ1) is 12.6. The number of aromatic nitrogens is 3. The predicted molar refractivity (Wildman–Crippen MR) is 97.8 cm³/mol. The highest BCUT2D eigenvalue weighted by atomic mass is 16.5. The second-order valence-corrected chi connectivity index (χ2v) is 7.43. The third-order valence-electron chi connectivity index (χ3n) is 5.01. The normalized spacial score (nSPS) is 18.3. The lowest BCUT2D eigenvalue weighted by Gasteiger charge is -2.24. The molecular formula is C19H25N5O2. The summed E-state index contributed by atoms with van der Waals surface area (Å²) in [6.07, 6.45) is 4.84. The van der Waals surface area contributed by atoms with Gasteiger partial charge in [0.1, 0.15) is 5.82 Å². The smallest absolute Gasteiger partial charge is 0.261 e. The van der Waals surface area contributed by atoms with Gasteiger partial charge in [0.25, 0.3) is 5.89 Å². The molecule has 2 aromatic rings. The Morgan fingerprint density at radius 2 is 2.08 bits per heavy atom. The third-order valence-corrected chi connectivity index (χ3v) is 5.01. The lowest BCUT2D eigenvalue weighted by Crippen LogP contribution is -2.36. The fourth-order valence-corrected chi connectivity index (χ4v) is 3.33. The average molecular weight is 355 g/mol. The largest absolute Gasteiger partial charge is 0.354 e. The van der Waals surface area contributed by atoms with Gasteiger partial charge in [-0.15, -0.1) is 0 Å². The summed E-state index contributed by atoms with van der Waals surface area (Å²) in [6, 6.07) is 3.86. The number of pyridine rings is 1. The van der Waals surface area contributed by atoms with Crippen molar-refractivity contribution in [2.45, 2.75) is 39.0 Å². The topological polar surface area (TPSA) is 75.4 Å². The number of nitrogens with zero attached hydrogens (tertiary/aromatic N) is 5. The van der Waals surface area contributed by atoms with E-state index in [-0.39, 0.29) is 11.8 Å². The van der Waals surface area contributed by atoms with Crippen LogP contribution in [0, 0.1) is 5.92 Å². The molecule has 4 rings (SSSR count). The minimum atomic E-state index is 0.216. The Hall–Kier alpha value is -2.44. The van der Waals surface area contributed by atoms with Gasteiger partial charge in [0.15, 0.2) is 5.82 Å². The summed E-state index contributed by atoms with van der Waals surface area (Å²) in [5.74, 6) is 2.88. The SMILES string of the molecule is CC(C)c1noc(-c2cccnc2N2CCCN(C(=O)C3CC3)CC2)n1. The van der Waals surface area contributed by atoms with Crippen molar-refractivity contribution in [3.05, 3.63) is 24.2 Å². The van der Waals surface area contributed by atoms with Crippen LogP contribution in [0.4, 0.5) is 5.82 Å². The molecule has 0 spiro atoms. The first-order valence-electron chi connectivity index (χ1n) is 9.46. The molecule has 0 aromatic carbocycles. The second kappa shape index (κ2) is 7.05. The van der Waals surface area contributed by atoms with E-state index in [0.717, 1.165) is 56.8 Å². The van der Waals surface area contributed by atoms with Crippen molar-refractivity contribution in [3.8, 4) is 11.5 Å². The summed E-state index contributed by atoms with van der Waals surface area (Å²) in [4.78, 5) is 25.7. The molecule has 26 heavy (non-hydrogen) atoms. The Morgan fingerprint density at radius 3 is 2.81 bits per heavy atom. The van der Waals surface area contributed by atoms with Crippen LogP contribution in [-0.2, 0) is 4.79 Å². The maximum atomic E-state index is 12.4. The van der Waals surface area contributed by atoms with Crippen LogP contribution in [-0.4, -0.2) is 52.1 Å². The van der Waals surface area contributed by atoms with Crippen LogP contribution >= 0.6 is 0 Å². The van der Waals surface area contributed by atoms with Gasteiger partial charge in [0, 0.05) is 44.2 Å². The van der Waals surface area contributed by atoms with Crippen LogP contribution in [0.25, 0.3) is 11.5 Å². The molecule has 0 bridgehead atoms. The van der Waals surface area contributed by atoms with E-state index in [9.17, 15) is 4.79 Å². The van der Waals surface area contributed by atoms with Crippen molar-refractivity contribution in [3.63, 3.8) is 0 Å². The minimum absolute atomic E-state index is 0.216. The molecule has 0 unspecified atom stereocenters. The number of rotatable bonds is 4. The van der Waals surface area contributed by atoms with Crippen molar-refractivity contribution in [1.29, 1.82) is 0 Å². The highest BCUT2D eigenvalue weighted by Gasteiger charge is 2.34. The Balaban J connectivity index is 1.54. The van der Waals surface area contributed by atoms with E-state index >= 15 is 0 Å². The first-order valence-corrected chi connectivity index (χ1v) is 9.46. The van der Waals surface area contributed by atoms with Gasteiger partial charge in [-0.05, 0) is 31.4 Å². The van der Waals surface area contributed by atoms with Crippen LogP contribution in [0.3, 0.4) is 0 Å². The standard InChI is InChI=1S/C19H25N5O2/c1-13(2)16-21-18(26-22-16)15-5-3-8-20-17(15)23-9-4-10-24(12-11-23)19(25)14-6-7-14/h3,5,8,13-14H,4,6-7,9-12H2,1-2H3. The summed E-state index contributed by atoms with van der Waals surface area (Å²) in [7, 11) is 0. The molecule has 1 aliphatic carbocycles. The number of hydrogen-bond donors (Lipinski definition) is 0. The molecular weight excluding hydrogens is 330 g/mol. The van der Waals surface area contributed by atoms with Gasteiger partial charge in [0.2, 0.25) is 5.91 Å². The summed E-state index contributed by atoms with van der Waals surface area (Å²) in [5, 5.41) is 4.07. The lowest BCUT2D eigenvalue weighted by atomic mass is 10.2. The molecule has 2 aliphatic rings. The van der Waals surface area contributed by atoms with E-state index < -0.39 is 0 Å². The predicted octanol–water partition coefficient (Wildman–Crippen LogP) is 2.70. The maximum absolute atomic E-state index is 12.4. The van der Waals surface area contributed by atoms with Gasteiger partial charge in [-0.1, -0.05) is 19.0 Å². The lowest BCUT2D eigenvalue weighted by molar-refractivity contribution is -0.132. The summed E-state index contributed by atoms with van der Waals surface area (Å²) < 4.78 is 5.48. The minimum Gasteiger partial charge on any atom is -0.354 e. The van der Waals surface area contributed by atoms with Gasteiger partial charge in [-0.3, -0.25) is 4.79 Å². The Morgan fingerprint density at radius 1 is 1.23 bits per heavy atom. The zero-order valence-corrected chi connectivity index (χ0v) is 15.4. The highest BCUT2D eigenvalue weighted by Crippen LogP contribution is 2.32. The van der Waals surface area contributed by atoms with Crippen LogP contribution in [0.5, 0.6) is 0 Å². The van der Waals surface area contributed by atoms with Crippen molar-refractivity contribution in [1.82, 2.24) is 20.0 Å². The molecule has 2 aromatic heterocycles. The van der Waals surface area contributed by atoms with Crippen LogP contribution in [0.2, 0.25) is 0 Å². The maximum Gasteiger partial charge on any atom is 0.261 e. The molecule has 7 nitrogen and oxygen atoms in total. The van der Waals surface area contributed by atoms with Gasteiger partial charge >= 0.3 is 0 Å². The first kappa shape index (κ1) is 17.0. The summed E-state index contributed by atoms with van der Waals surface area (Å²) in [5.41, 5.74) is 0.855. The molecule has 3 heterocycles. The Bertz CT molecular complexity index is 784. The van der Waals surface area contributed by atoms with Gasteiger partial charge in [0.05, 0.1) is 5.56 Å². The molecule has 0 radical (unpaired) electrons. The third kappa shape index (κ3) is 3.43. The molecule has 7 heteroatoms. The number of hydrogen-bond acceptors (Lipinski definition) is 6. The quantitative estimate of drug-likeness (QED) is 0.839. The molecule has 2 fully saturated rings. The molecule has 138 valence electrons. The molecule has 1 saturated heterocycles. The molecule has 1 saturated carbocycles. The summed E-state index contributed by atoms with van der Waals surface area (Å²) >= 11 is 0. The van der Waals surface area contributed by atoms with Crippen molar-refractivity contribution < 1.29 is 9.32 Å². The van der Waals surface area contributed by atoms with E-state index in [2.05, 4.69) is 20.0 Å². The molecule has 1 amide bonds. The van der Waals surface area contributed by atoms with E-state index in [1.54, 1.807) is 6.20 Å². The van der Waals surface area contributed by atoms with Crippen molar-refractivity contribution in [2.24, 2.45) is 5.92 Å². The zero-order valence-electron chi connectivity index (χ0n) is 15.4. The van der Waals surface area contributed by atoms with Crippen molar-refractivity contribution >= 4 is 11.7 Å². The van der Waals surface area contributed by atoms with Crippen LogP contribution < -0.4 is 4.90 Å². The zero-order chi connectivity index (χ0) is 18.1. The van der Waals surface area contributed by atoms with E-state index in [0.29, 0.717) is 17.6 Å². The number of anilines is 1. The van der Waals surface area contributed by atoms with Gasteiger partial charge in [-0.25, -0.2) is 4.98 Å². The van der Waals surface area contributed by atoms with Gasteiger partial charge in [-0.2, -0.15) is 4.98 Å². The fraction of sp³-hybridized carbons (Fsp3) is 0.579. The molecule has 0 atom stereocenters. The number of amides is 1. The van der Waals surface area contributed by atoms with E-state index in [1.807, 2.05) is 30.9 Å². The highest BCUT2D eigenvalue weighted by molar-refractivity contribution is 5.81. The monoisotopic (exact) mass is 355 g/mol. The Kier molecular flexibility index (Phi) is 4.61. The summed E-state index contributed by atoms with van der Waals surface area (Å²) in [6.45, 7) is 7.29. The molecule has 0 N–H and O–H groups in total. The second-order valence-electron chi connectivity index (χ2n) is 7.43. The Labute approximate surface area is 153 Å². The fourth-order valence-electron chi connectivity index (χ4n) is 3.33.